The molecule has 1 N–H and O–H groups in total. The summed E-state index contributed by atoms with van der Waals surface area (Å²) in [5.74, 6) is 0. The molecule has 9 heavy (non-hydrogen) atoms. The summed E-state index contributed by atoms with van der Waals surface area (Å²) < 4.78 is 5.18. The van der Waals surface area contributed by atoms with Crippen LogP contribution in [0.4, 0.5) is 0 Å². The van der Waals surface area contributed by atoms with E-state index in [0.29, 0.717) is 6.04 Å². The van der Waals surface area contributed by atoms with Gasteiger partial charge in [0.1, 0.15) is 6.73 Å². The first-order valence-corrected chi connectivity index (χ1v) is 3.05. The van der Waals surface area contributed by atoms with Gasteiger partial charge in [-0.2, -0.15) is 0 Å². The fourth-order valence-corrected chi connectivity index (χ4v) is 1.06. The Labute approximate surface area is 54.2 Å². The first kappa shape index (κ1) is 5.21. The van der Waals surface area contributed by atoms with E-state index >= 15 is 0 Å². The molecule has 0 aromatic carbocycles. The molecule has 0 aromatic rings. The Morgan fingerprint density at radius 1 is 1.22 bits per heavy atom. The highest BCUT2D eigenvalue weighted by atomic mass is 16.5. The Bertz CT molecular complexity index is 144. The molecule has 0 spiro atoms. The second-order valence-corrected chi connectivity index (χ2v) is 2.18. The molecule has 0 saturated carbocycles. The van der Waals surface area contributed by atoms with E-state index in [1.54, 1.807) is 6.73 Å². The maximum absolute atomic E-state index is 5.18. The Hall–Kier alpha value is -0.600. The lowest BCUT2D eigenvalue weighted by Gasteiger charge is -2.11. The number of hydrogen-bond acceptors (Lipinski definition) is 2. The van der Waals surface area contributed by atoms with Crippen molar-refractivity contribution in [3.05, 3.63) is 31.0 Å². The fourth-order valence-electron chi connectivity index (χ4n) is 1.06. The van der Waals surface area contributed by atoms with Crippen LogP contribution in [0, 0.1) is 6.73 Å². The van der Waals surface area contributed by atoms with Gasteiger partial charge in [-0.15, -0.1) is 0 Å². The first-order chi connectivity index (χ1) is 4.47. The molecule has 0 bridgehead atoms. The zero-order valence-corrected chi connectivity index (χ0v) is 4.95. The van der Waals surface area contributed by atoms with Crippen molar-refractivity contribution in [3.63, 3.8) is 0 Å². The molecule has 1 aliphatic heterocycles. The first-order valence-electron chi connectivity index (χ1n) is 3.05. The van der Waals surface area contributed by atoms with Crippen molar-refractivity contribution in [1.29, 1.82) is 0 Å². The van der Waals surface area contributed by atoms with Crippen molar-refractivity contribution in [2.45, 2.75) is 12.1 Å². The SMILES string of the molecule is [CH]1NC2C=CC=CC2O1. The van der Waals surface area contributed by atoms with Gasteiger partial charge < -0.3 is 4.74 Å². The van der Waals surface area contributed by atoms with E-state index < -0.39 is 0 Å². The molecule has 2 atom stereocenters. The van der Waals surface area contributed by atoms with Gasteiger partial charge in [0, 0.05) is 0 Å². The number of fused-ring (bicyclic) bond motifs is 1. The maximum atomic E-state index is 5.18. The second-order valence-electron chi connectivity index (χ2n) is 2.18. The molecule has 0 aromatic heterocycles. The van der Waals surface area contributed by atoms with E-state index in [1.807, 2.05) is 18.2 Å². The van der Waals surface area contributed by atoms with Crippen molar-refractivity contribution in [1.82, 2.24) is 5.32 Å². The van der Waals surface area contributed by atoms with Crippen LogP contribution in [0.1, 0.15) is 0 Å². The lowest BCUT2D eigenvalue weighted by atomic mass is 10.1. The highest BCUT2D eigenvalue weighted by molar-refractivity contribution is 5.20. The van der Waals surface area contributed by atoms with Gasteiger partial charge in [-0.1, -0.05) is 24.3 Å². The van der Waals surface area contributed by atoms with Gasteiger partial charge in [0.25, 0.3) is 0 Å². The highest BCUT2D eigenvalue weighted by Crippen LogP contribution is 2.14. The highest BCUT2D eigenvalue weighted by Gasteiger charge is 2.24. The minimum absolute atomic E-state index is 0.231. The molecule has 2 heteroatoms. The Morgan fingerprint density at radius 2 is 2.11 bits per heavy atom. The van der Waals surface area contributed by atoms with E-state index in [1.165, 1.54) is 0 Å². The van der Waals surface area contributed by atoms with Crippen molar-refractivity contribution in [3.8, 4) is 0 Å². The number of allylic oxidation sites excluding steroid dienone is 2. The molecule has 0 amide bonds. The smallest absolute Gasteiger partial charge is 0.149 e. The van der Waals surface area contributed by atoms with Crippen LogP contribution in [0.15, 0.2) is 24.3 Å². The average Bonchev–Trinajstić information content (AvgIpc) is 2.33. The molecule has 47 valence electrons. The van der Waals surface area contributed by atoms with E-state index in [-0.39, 0.29) is 6.10 Å². The largest absolute Gasteiger partial charge is 0.350 e. The average molecular weight is 122 g/mol. The number of nitrogens with one attached hydrogen (secondary N) is 1. The molecule has 2 unspecified atom stereocenters. The molecule has 1 aliphatic carbocycles. The van der Waals surface area contributed by atoms with Crippen LogP contribution in [-0.4, -0.2) is 12.1 Å². The number of hydrogen-bond donors (Lipinski definition) is 1. The maximum Gasteiger partial charge on any atom is 0.149 e. The van der Waals surface area contributed by atoms with Crippen molar-refractivity contribution in [2.24, 2.45) is 0 Å². The number of ether oxygens (including phenoxy) is 1. The van der Waals surface area contributed by atoms with Gasteiger partial charge >= 0.3 is 0 Å². The number of rotatable bonds is 0. The molecule has 2 aliphatic rings. The van der Waals surface area contributed by atoms with Crippen molar-refractivity contribution >= 4 is 0 Å². The summed E-state index contributed by atoms with van der Waals surface area (Å²) in [7, 11) is 0. The van der Waals surface area contributed by atoms with E-state index in [0.717, 1.165) is 0 Å². The third-order valence-corrected chi connectivity index (χ3v) is 1.57. The van der Waals surface area contributed by atoms with Gasteiger partial charge in [0.15, 0.2) is 0 Å². The minimum Gasteiger partial charge on any atom is -0.350 e. The van der Waals surface area contributed by atoms with Crippen molar-refractivity contribution < 1.29 is 4.74 Å². The Kier molecular flexibility index (Phi) is 1.14. The van der Waals surface area contributed by atoms with Gasteiger partial charge in [-0.3, -0.25) is 5.32 Å². The Morgan fingerprint density at radius 3 is 3.00 bits per heavy atom. The summed E-state index contributed by atoms with van der Waals surface area (Å²) in [6, 6.07) is 0.370. The summed E-state index contributed by atoms with van der Waals surface area (Å²) >= 11 is 0. The van der Waals surface area contributed by atoms with E-state index in [9.17, 15) is 0 Å². The van der Waals surface area contributed by atoms with Gasteiger partial charge in [-0.05, 0) is 0 Å². The molecule has 2 rings (SSSR count). The van der Waals surface area contributed by atoms with Gasteiger partial charge in [-0.25, -0.2) is 0 Å². The van der Waals surface area contributed by atoms with E-state index in [4.69, 9.17) is 4.74 Å². The second kappa shape index (κ2) is 1.97. The quantitative estimate of drug-likeness (QED) is 0.507. The predicted octanol–water partition coefficient (Wildman–Crippen LogP) is 0.589. The lowest BCUT2D eigenvalue weighted by molar-refractivity contribution is 0.189. The predicted molar refractivity (Wildman–Crippen MR) is 34.4 cm³/mol. The van der Waals surface area contributed by atoms with Gasteiger partial charge in [0.2, 0.25) is 0 Å². The van der Waals surface area contributed by atoms with Crippen LogP contribution < -0.4 is 5.32 Å². The molecule has 1 saturated heterocycles. The van der Waals surface area contributed by atoms with Crippen LogP contribution in [0.25, 0.3) is 0 Å². The summed E-state index contributed by atoms with van der Waals surface area (Å²) in [6.45, 7) is 1.65. The summed E-state index contributed by atoms with van der Waals surface area (Å²) in [4.78, 5) is 0. The third kappa shape index (κ3) is 0.802. The molecule has 2 nitrogen and oxygen atoms in total. The van der Waals surface area contributed by atoms with E-state index in [2.05, 4.69) is 11.4 Å². The zero-order chi connectivity index (χ0) is 6.10. The fraction of sp³-hybridized carbons (Fsp3) is 0.286. The molecular weight excluding hydrogens is 114 g/mol. The molecular formula is C7H8NO. The third-order valence-electron chi connectivity index (χ3n) is 1.57. The van der Waals surface area contributed by atoms with Gasteiger partial charge in [0.05, 0.1) is 12.1 Å². The molecule has 1 radical (unpaired) electrons. The zero-order valence-electron chi connectivity index (χ0n) is 4.95. The normalized spacial score (nSPS) is 39.1. The lowest BCUT2D eigenvalue weighted by Crippen LogP contribution is -2.27. The molecule has 1 fully saturated rings. The summed E-state index contributed by atoms with van der Waals surface area (Å²) in [5.41, 5.74) is 0. The monoisotopic (exact) mass is 122 g/mol. The summed E-state index contributed by atoms with van der Waals surface area (Å²) in [5, 5.41) is 3.07. The topological polar surface area (TPSA) is 21.3 Å². The van der Waals surface area contributed by atoms with Crippen LogP contribution in [0.2, 0.25) is 0 Å². The molecule has 1 heterocycles. The summed E-state index contributed by atoms with van der Waals surface area (Å²) in [6.07, 6.45) is 8.39. The van der Waals surface area contributed by atoms with Crippen LogP contribution >= 0.6 is 0 Å². The Balaban J connectivity index is 2.18. The standard InChI is InChI=1S/C7H8NO/c1-2-4-7-6(3-1)8-5-9-7/h1-8H. The van der Waals surface area contributed by atoms with Crippen molar-refractivity contribution in [2.75, 3.05) is 0 Å². The van der Waals surface area contributed by atoms with Crippen LogP contribution in [0.5, 0.6) is 0 Å². The van der Waals surface area contributed by atoms with Crippen LogP contribution in [0.3, 0.4) is 0 Å². The minimum atomic E-state index is 0.231. The van der Waals surface area contributed by atoms with Crippen LogP contribution in [-0.2, 0) is 4.74 Å².